The van der Waals surface area contributed by atoms with Crippen LogP contribution in [0.2, 0.25) is 5.02 Å². The minimum atomic E-state index is -3.80. The minimum Gasteiger partial charge on any atom is -0.465 e. The van der Waals surface area contributed by atoms with Crippen molar-refractivity contribution in [2.75, 3.05) is 11.8 Å². The number of aryl methyl sites for hydroxylation is 1. The second kappa shape index (κ2) is 6.37. The minimum absolute atomic E-state index is 0.00638. The van der Waals surface area contributed by atoms with Crippen LogP contribution in [0, 0.1) is 6.92 Å². The Balaban J connectivity index is 2.35. The van der Waals surface area contributed by atoms with Crippen molar-refractivity contribution in [3.8, 4) is 0 Å². The van der Waals surface area contributed by atoms with Gasteiger partial charge in [0.15, 0.2) is 0 Å². The van der Waals surface area contributed by atoms with E-state index < -0.39 is 16.0 Å². The number of methoxy groups -OCH3 is 1. The van der Waals surface area contributed by atoms with Gasteiger partial charge in [0.2, 0.25) is 0 Å². The van der Waals surface area contributed by atoms with Crippen molar-refractivity contribution >= 4 is 33.3 Å². The number of esters is 1. The first kappa shape index (κ1) is 16.3. The molecule has 0 atom stereocenters. The molecular weight excluding hydrogens is 326 g/mol. The number of benzene rings is 2. The van der Waals surface area contributed by atoms with E-state index in [1.165, 1.54) is 31.4 Å². The highest BCUT2D eigenvalue weighted by Crippen LogP contribution is 2.25. The standard InChI is InChI=1S/C15H14ClNO4S/c1-10-9-11(15(18)21-2)7-8-13(10)17-22(19,20)14-6-4-3-5-12(14)16/h3-9,17H,1-2H3. The molecule has 0 saturated carbocycles. The van der Waals surface area contributed by atoms with Crippen LogP contribution in [0.1, 0.15) is 15.9 Å². The molecule has 22 heavy (non-hydrogen) atoms. The van der Waals surface area contributed by atoms with E-state index in [2.05, 4.69) is 9.46 Å². The van der Waals surface area contributed by atoms with Crippen LogP contribution in [0.25, 0.3) is 0 Å². The van der Waals surface area contributed by atoms with Crippen LogP contribution in [0.3, 0.4) is 0 Å². The summed E-state index contributed by atoms with van der Waals surface area (Å²) >= 11 is 5.92. The molecule has 7 heteroatoms. The lowest BCUT2D eigenvalue weighted by atomic mass is 10.1. The number of hydrogen-bond acceptors (Lipinski definition) is 4. The molecule has 0 unspecified atom stereocenters. The number of nitrogens with one attached hydrogen (secondary N) is 1. The Morgan fingerprint density at radius 3 is 2.45 bits per heavy atom. The van der Waals surface area contributed by atoms with Gasteiger partial charge in [0, 0.05) is 0 Å². The Morgan fingerprint density at radius 1 is 1.18 bits per heavy atom. The maximum Gasteiger partial charge on any atom is 0.337 e. The van der Waals surface area contributed by atoms with Crippen LogP contribution in [0.5, 0.6) is 0 Å². The summed E-state index contributed by atoms with van der Waals surface area (Å²) < 4.78 is 31.8. The van der Waals surface area contributed by atoms with Crippen LogP contribution < -0.4 is 4.72 Å². The molecule has 0 aliphatic rings. The van der Waals surface area contributed by atoms with Gasteiger partial charge in [-0.15, -0.1) is 0 Å². The molecular formula is C15H14ClNO4S. The number of hydrogen-bond donors (Lipinski definition) is 1. The van der Waals surface area contributed by atoms with Crippen molar-refractivity contribution in [1.29, 1.82) is 0 Å². The van der Waals surface area contributed by atoms with E-state index in [1.807, 2.05) is 0 Å². The van der Waals surface area contributed by atoms with Crippen molar-refractivity contribution in [2.45, 2.75) is 11.8 Å². The van der Waals surface area contributed by atoms with Gasteiger partial charge < -0.3 is 4.74 Å². The maximum absolute atomic E-state index is 12.4. The van der Waals surface area contributed by atoms with Gasteiger partial charge in [0.1, 0.15) is 4.90 Å². The molecule has 2 aromatic rings. The summed E-state index contributed by atoms with van der Waals surface area (Å²) in [7, 11) is -2.52. The molecule has 0 aliphatic carbocycles. The number of halogens is 1. The van der Waals surface area contributed by atoms with Gasteiger partial charge in [-0.05, 0) is 42.8 Å². The molecule has 0 heterocycles. The Bertz CT molecular complexity index is 818. The molecule has 0 fully saturated rings. The third-order valence-corrected chi connectivity index (χ3v) is 4.88. The fraction of sp³-hybridized carbons (Fsp3) is 0.133. The third kappa shape index (κ3) is 3.40. The Morgan fingerprint density at radius 2 is 1.86 bits per heavy atom. The molecule has 0 radical (unpaired) electrons. The quantitative estimate of drug-likeness (QED) is 0.868. The van der Waals surface area contributed by atoms with Crippen LogP contribution in [0.4, 0.5) is 5.69 Å². The topological polar surface area (TPSA) is 72.5 Å². The van der Waals surface area contributed by atoms with Crippen LogP contribution in [-0.4, -0.2) is 21.5 Å². The van der Waals surface area contributed by atoms with Crippen molar-refractivity contribution in [3.05, 3.63) is 58.6 Å². The highest BCUT2D eigenvalue weighted by molar-refractivity contribution is 7.92. The Hall–Kier alpha value is -2.05. The Labute approximate surface area is 133 Å². The van der Waals surface area contributed by atoms with E-state index in [-0.39, 0.29) is 9.92 Å². The largest absolute Gasteiger partial charge is 0.465 e. The van der Waals surface area contributed by atoms with Crippen molar-refractivity contribution in [1.82, 2.24) is 0 Å². The highest BCUT2D eigenvalue weighted by Gasteiger charge is 2.18. The van der Waals surface area contributed by atoms with E-state index in [4.69, 9.17) is 11.6 Å². The summed E-state index contributed by atoms with van der Waals surface area (Å²) in [6, 6.07) is 10.7. The monoisotopic (exact) mass is 339 g/mol. The molecule has 2 rings (SSSR count). The van der Waals surface area contributed by atoms with Gasteiger partial charge in [-0.3, -0.25) is 4.72 Å². The van der Waals surface area contributed by atoms with Gasteiger partial charge in [0.25, 0.3) is 10.0 Å². The summed E-state index contributed by atoms with van der Waals surface area (Å²) in [6.07, 6.45) is 0. The number of anilines is 1. The summed E-state index contributed by atoms with van der Waals surface area (Å²) in [6.45, 7) is 1.69. The molecule has 0 saturated heterocycles. The molecule has 0 amide bonds. The molecule has 116 valence electrons. The zero-order chi connectivity index (χ0) is 16.3. The Kier molecular flexibility index (Phi) is 4.73. The smallest absolute Gasteiger partial charge is 0.337 e. The number of carbonyl (C=O) groups is 1. The zero-order valence-electron chi connectivity index (χ0n) is 12.0. The molecule has 0 spiro atoms. The van der Waals surface area contributed by atoms with Gasteiger partial charge in [-0.2, -0.15) is 0 Å². The summed E-state index contributed by atoms with van der Waals surface area (Å²) in [5.41, 5.74) is 1.31. The van der Waals surface area contributed by atoms with E-state index in [0.717, 1.165) is 0 Å². The van der Waals surface area contributed by atoms with Gasteiger partial charge in [-0.25, -0.2) is 13.2 Å². The summed E-state index contributed by atoms with van der Waals surface area (Å²) in [4.78, 5) is 11.4. The molecule has 0 bridgehead atoms. The average Bonchev–Trinajstić information content (AvgIpc) is 2.48. The van der Waals surface area contributed by atoms with E-state index >= 15 is 0 Å². The van der Waals surface area contributed by atoms with Crippen LogP contribution in [-0.2, 0) is 14.8 Å². The lowest BCUT2D eigenvalue weighted by Gasteiger charge is -2.12. The first-order valence-corrected chi connectivity index (χ1v) is 8.17. The van der Waals surface area contributed by atoms with E-state index in [0.29, 0.717) is 16.8 Å². The second-order valence-corrected chi connectivity index (χ2v) is 6.62. The first-order valence-electron chi connectivity index (χ1n) is 6.31. The zero-order valence-corrected chi connectivity index (χ0v) is 13.5. The van der Waals surface area contributed by atoms with Crippen LogP contribution >= 0.6 is 11.6 Å². The molecule has 2 aromatic carbocycles. The number of ether oxygens (including phenoxy) is 1. The molecule has 0 aliphatic heterocycles. The van der Waals surface area contributed by atoms with Crippen molar-refractivity contribution < 1.29 is 17.9 Å². The van der Waals surface area contributed by atoms with Crippen molar-refractivity contribution in [3.63, 3.8) is 0 Å². The van der Waals surface area contributed by atoms with Gasteiger partial charge >= 0.3 is 5.97 Å². The second-order valence-electron chi connectivity index (χ2n) is 4.56. The predicted molar refractivity (Wildman–Crippen MR) is 84.8 cm³/mol. The van der Waals surface area contributed by atoms with Crippen molar-refractivity contribution in [2.24, 2.45) is 0 Å². The van der Waals surface area contributed by atoms with Crippen LogP contribution in [0.15, 0.2) is 47.4 Å². The maximum atomic E-state index is 12.4. The molecule has 0 aromatic heterocycles. The van der Waals surface area contributed by atoms with E-state index in [1.54, 1.807) is 25.1 Å². The first-order chi connectivity index (χ1) is 10.3. The molecule has 5 nitrogen and oxygen atoms in total. The fourth-order valence-corrected chi connectivity index (χ4v) is 3.54. The van der Waals surface area contributed by atoms with Gasteiger partial charge in [0.05, 0.1) is 23.4 Å². The number of carbonyl (C=O) groups excluding carboxylic acids is 1. The highest BCUT2D eigenvalue weighted by atomic mass is 35.5. The third-order valence-electron chi connectivity index (χ3n) is 3.02. The predicted octanol–water partition coefficient (Wildman–Crippen LogP) is 3.24. The van der Waals surface area contributed by atoms with Gasteiger partial charge in [-0.1, -0.05) is 23.7 Å². The number of rotatable bonds is 4. The average molecular weight is 340 g/mol. The summed E-state index contributed by atoms with van der Waals surface area (Å²) in [5.74, 6) is -0.483. The molecule has 1 N–H and O–H groups in total. The fourth-order valence-electron chi connectivity index (χ4n) is 1.89. The summed E-state index contributed by atoms with van der Waals surface area (Å²) in [5, 5.41) is 0.138. The number of sulfonamides is 1. The SMILES string of the molecule is COC(=O)c1ccc(NS(=O)(=O)c2ccccc2Cl)c(C)c1. The lowest BCUT2D eigenvalue weighted by molar-refractivity contribution is 0.0600. The lowest BCUT2D eigenvalue weighted by Crippen LogP contribution is -2.14. The normalized spacial score (nSPS) is 11.0. The van der Waals surface area contributed by atoms with E-state index in [9.17, 15) is 13.2 Å².